The van der Waals surface area contributed by atoms with Gasteiger partial charge in [-0.1, -0.05) is 30.7 Å². The summed E-state index contributed by atoms with van der Waals surface area (Å²) in [4.78, 5) is 6.60. The van der Waals surface area contributed by atoms with Gasteiger partial charge < -0.3 is 5.73 Å². The van der Waals surface area contributed by atoms with Crippen LogP contribution in [0.5, 0.6) is 0 Å². The minimum Gasteiger partial charge on any atom is -0.326 e. The zero-order valence-corrected chi connectivity index (χ0v) is 13.4. The minimum atomic E-state index is 0.0832. The van der Waals surface area contributed by atoms with Gasteiger partial charge in [0, 0.05) is 29.0 Å². The van der Waals surface area contributed by atoms with Crippen LogP contribution in [0.1, 0.15) is 30.6 Å². The summed E-state index contributed by atoms with van der Waals surface area (Å²) in [5.41, 5.74) is 10.5. The number of halogens is 1. The summed E-state index contributed by atoms with van der Waals surface area (Å²) in [5.74, 6) is 0. The van der Waals surface area contributed by atoms with Gasteiger partial charge in [-0.3, -0.25) is 4.90 Å². The first-order valence-corrected chi connectivity index (χ1v) is 8.02. The van der Waals surface area contributed by atoms with E-state index in [0.717, 1.165) is 23.7 Å². The zero-order chi connectivity index (χ0) is 14.5. The van der Waals surface area contributed by atoms with Crippen LogP contribution in [-0.4, -0.2) is 23.0 Å². The van der Waals surface area contributed by atoms with Gasteiger partial charge >= 0.3 is 0 Å². The summed E-state index contributed by atoms with van der Waals surface area (Å²) in [7, 11) is 2.09. The first kappa shape index (κ1) is 15.4. The molecule has 0 spiro atoms. The second-order valence-electron chi connectivity index (χ2n) is 4.96. The molecule has 2 rings (SSSR count). The third-order valence-corrected chi connectivity index (χ3v) is 4.35. The molecule has 0 saturated heterocycles. The molecule has 5 heteroatoms. The molecule has 0 saturated carbocycles. The average Bonchev–Trinajstić information content (AvgIpc) is 2.94. The molecule has 0 aliphatic rings. The highest BCUT2D eigenvalue weighted by Gasteiger charge is 2.23. The Balaban J connectivity index is 2.20. The van der Waals surface area contributed by atoms with Crippen LogP contribution in [0.4, 0.5) is 0 Å². The van der Waals surface area contributed by atoms with Gasteiger partial charge in [0.25, 0.3) is 0 Å². The fourth-order valence-corrected chi connectivity index (χ4v) is 3.06. The van der Waals surface area contributed by atoms with Gasteiger partial charge in [0.05, 0.1) is 11.2 Å². The standard InChI is InChI=1S/C15H20ClN3S/c1-3-14(17)15(11-4-6-12(16)7-5-11)19(2)8-13-9-20-10-18-13/h4-7,9-10,14-15H,3,8,17H2,1-2H3. The van der Waals surface area contributed by atoms with E-state index >= 15 is 0 Å². The van der Waals surface area contributed by atoms with Crippen LogP contribution in [0.3, 0.4) is 0 Å². The van der Waals surface area contributed by atoms with Crippen molar-refractivity contribution < 1.29 is 0 Å². The van der Waals surface area contributed by atoms with Crippen LogP contribution >= 0.6 is 22.9 Å². The lowest BCUT2D eigenvalue weighted by Crippen LogP contribution is -2.38. The summed E-state index contributed by atoms with van der Waals surface area (Å²) in [6, 6.07) is 8.20. The molecule has 0 bridgehead atoms. The lowest BCUT2D eigenvalue weighted by molar-refractivity contribution is 0.200. The van der Waals surface area contributed by atoms with Gasteiger partial charge in [-0.05, 0) is 31.2 Å². The van der Waals surface area contributed by atoms with E-state index in [1.54, 1.807) is 11.3 Å². The van der Waals surface area contributed by atoms with Crippen molar-refractivity contribution in [2.45, 2.75) is 32.0 Å². The molecule has 0 amide bonds. The van der Waals surface area contributed by atoms with E-state index in [0.29, 0.717) is 0 Å². The molecule has 1 aromatic carbocycles. The third kappa shape index (κ3) is 3.79. The molecule has 0 aliphatic carbocycles. The van der Waals surface area contributed by atoms with E-state index in [4.69, 9.17) is 17.3 Å². The van der Waals surface area contributed by atoms with Crippen molar-refractivity contribution >= 4 is 22.9 Å². The highest BCUT2D eigenvalue weighted by Crippen LogP contribution is 2.26. The van der Waals surface area contributed by atoms with Gasteiger partial charge in [-0.15, -0.1) is 11.3 Å². The highest BCUT2D eigenvalue weighted by atomic mass is 35.5. The largest absolute Gasteiger partial charge is 0.326 e. The minimum absolute atomic E-state index is 0.0832. The molecule has 0 fully saturated rings. The van der Waals surface area contributed by atoms with Crippen molar-refractivity contribution in [2.75, 3.05) is 7.05 Å². The van der Waals surface area contributed by atoms with Crippen molar-refractivity contribution in [3.8, 4) is 0 Å². The molecular weight excluding hydrogens is 290 g/mol. The normalized spacial score (nSPS) is 14.4. The quantitative estimate of drug-likeness (QED) is 0.884. The van der Waals surface area contributed by atoms with Gasteiger partial charge in [0.15, 0.2) is 0 Å². The van der Waals surface area contributed by atoms with Crippen molar-refractivity contribution in [3.63, 3.8) is 0 Å². The number of hydrogen-bond acceptors (Lipinski definition) is 4. The Hall–Kier alpha value is -0.940. The van der Waals surface area contributed by atoms with Gasteiger partial charge in [0.2, 0.25) is 0 Å². The lowest BCUT2D eigenvalue weighted by Gasteiger charge is -2.32. The molecule has 0 aliphatic heterocycles. The number of benzene rings is 1. The summed E-state index contributed by atoms with van der Waals surface area (Å²) in [6.07, 6.45) is 0.925. The Bertz CT molecular complexity index is 512. The van der Waals surface area contributed by atoms with E-state index in [2.05, 4.69) is 41.4 Å². The molecular formula is C15H20ClN3S. The van der Waals surface area contributed by atoms with Crippen molar-refractivity contribution in [1.82, 2.24) is 9.88 Å². The van der Waals surface area contributed by atoms with Crippen LogP contribution < -0.4 is 5.73 Å². The van der Waals surface area contributed by atoms with E-state index < -0.39 is 0 Å². The van der Waals surface area contributed by atoms with Crippen molar-refractivity contribution in [1.29, 1.82) is 0 Å². The molecule has 1 heterocycles. The molecule has 2 atom stereocenters. The first-order chi connectivity index (χ1) is 9.61. The monoisotopic (exact) mass is 309 g/mol. The molecule has 2 unspecified atom stereocenters. The fraction of sp³-hybridized carbons (Fsp3) is 0.400. The highest BCUT2D eigenvalue weighted by molar-refractivity contribution is 7.07. The zero-order valence-electron chi connectivity index (χ0n) is 11.8. The Labute approximate surface area is 129 Å². The molecule has 2 aromatic rings. The number of likely N-dealkylation sites (N-methyl/N-ethyl adjacent to an activating group) is 1. The predicted octanol–water partition coefficient (Wildman–Crippen LogP) is 3.71. The molecule has 2 N–H and O–H groups in total. The van der Waals surface area contributed by atoms with Crippen LogP contribution in [0.25, 0.3) is 0 Å². The third-order valence-electron chi connectivity index (χ3n) is 3.46. The Morgan fingerprint density at radius 2 is 2.05 bits per heavy atom. The number of thiazole rings is 1. The van der Waals surface area contributed by atoms with E-state index in [1.807, 2.05) is 17.6 Å². The number of nitrogens with two attached hydrogens (primary N) is 1. The predicted molar refractivity (Wildman–Crippen MR) is 86.0 cm³/mol. The van der Waals surface area contributed by atoms with Gasteiger partial charge in [-0.2, -0.15) is 0 Å². The number of aromatic nitrogens is 1. The van der Waals surface area contributed by atoms with Crippen LogP contribution in [-0.2, 0) is 6.54 Å². The molecule has 20 heavy (non-hydrogen) atoms. The number of nitrogens with zero attached hydrogens (tertiary/aromatic N) is 2. The summed E-state index contributed by atoms with van der Waals surface area (Å²) in [6.45, 7) is 2.91. The lowest BCUT2D eigenvalue weighted by atomic mass is 9.96. The Morgan fingerprint density at radius 3 is 2.60 bits per heavy atom. The smallest absolute Gasteiger partial charge is 0.0795 e. The molecule has 3 nitrogen and oxygen atoms in total. The first-order valence-electron chi connectivity index (χ1n) is 6.70. The molecule has 1 aromatic heterocycles. The second kappa shape index (κ2) is 7.18. The fourth-order valence-electron chi connectivity index (χ4n) is 2.38. The topological polar surface area (TPSA) is 42.1 Å². The maximum atomic E-state index is 6.32. The molecule has 108 valence electrons. The van der Waals surface area contributed by atoms with Gasteiger partial charge in [0.1, 0.15) is 0 Å². The maximum absolute atomic E-state index is 6.32. The summed E-state index contributed by atoms with van der Waals surface area (Å²) >= 11 is 7.59. The number of rotatable bonds is 6. The van der Waals surface area contributed by atoms with E-state index in [9.17, 15) is 0 Å². The maximum Gasteiger partial charge on any atom is 0.0795 e. The van der Waals surface area contributed by atoms with Gasteiger partial charge in [-0.25, -0.2) is 4.98 Å². The van der Waals surface area contributed by atoms with E-state index in [1.165, 1.54) is 5.56 Å². The average molecular weight is 310 g/mol. The van der Waals surface area contributed by atoms with Crippen molar-refractivity contribution in [2.24, 2.45) is 5.73 Å². The van der Waals surface area contributed by atoms with Crippen LogP contribution in [0.15, 0.2) is 35.2 Å². The van der Waals surface area contributed by atoms with Crippen LogP contribution in [0, 0.1) is 0 Å². The SMILES string of the molecule is CCC(N)C(c1ccc(Cl)cc1)N(C)Cc1cscn1. The Kier molecular flexibility index (Phi) is 5.54. The summed E-state index contributed by atoms with van der Waals surface area (Å²) < 4.78 is 0. The van der Waals surface area contributed by atoms with E-state index in [-0.39, 0.29) is 12.1 Å². The van der Waals surface area contributed by atoms with Crippen LogP contribution in [0.2, 0.25) is 5.02 Å². The van der Waals surface area contributed by atoms with Crippen molar-refractivity contribution in [3.05, 3.63) is 51.4 Å². The Morgan fingerprint density at radius 1 is 1.35 bits per heavy atom. The summed E-state index contributed by atoms with van der Waals surface area (Å²) in [5, 5.41) is 2.83. The molecule has 0 radical (unpaired) electrons. The second-order valence-corrected chi connectivity index (χ2v) is 6.12. The number of hydrogen-bond donors (Lipinski definition) is 1.